The molecule has 2 fully saturated rings. The first-order valence-electron chi connectivity index (χ1n) is 17.6. The van der Waals surface area contributed by atoms with Crippen LogP contribution in [-0.4, -0.2) is 72.4 Å². The molecule has 0 bridgehead atoms. The number of piperidine rings is 2. The zero-order valence-corrected chi connectivity index (χ0v) is 30.8. The smallest absolute Gasteiger partial charge is 0.209 e. The Hall–Kier alpha value is -2.00. The second-order valence-corrected chi connectivity index (χ2v) is 13.4. The third-order valence-electron chi connectivity index (χ3n) is 11.2. The average Bonchev–Trinajstić information content (AvgIpc) is 3.46. The van der Waals surface area contributed by atoms with Crippen LogP contribution in [0.25, 0.3) is 0 Å². The third kappa shape index (κ3) is 5.85. The van der Waals surface area contributed by atoms with Crippen LogP contribution in [0.4, 0.5) is 11.4 Å². The van der Waals surface area contributed by atoms with Crippen LogP contribution in [0, 0.1) is 0 Å². The summed E-state index contributed by atoms with van der Waals surface area (Å²) < 4.78 is 2.62. The van der Waals surface area contributed by atoms with Gasteiger partial charge in [-0.1, -0.05) is 69.2 Å². The van der Waals surface area contributed by atoms with Crippen LogP contribution in [0.15, 0.2) is 72.5 Å². The molecule has 4 aliphatic rings. The first-order chi connectivity index (χ1) is 21.1. The van der Waals surface area contributed by atoms with Gasteiger partial charge in [-0.15, -0.1) is 0 Å². The molecule has 0 aliphatic carbocycles. The van der Waals surface area contributed by atoms with Crippen LogP contribution in [0.3, 0.4) is 0 Å². The van der Waals surface area contributed by atoms with Crippen molar-refractivity contribution in [2.75, 3.05) is 57.3 Å². The number of nitrogens with zero attached hydrogens (tertiary/aromatic N) is 4. The molecule has 6 rings (SSSR count). The molecule has 0 N–H and O–H groups in total. The predicted octanol–water partition coefficient (Wildman–Crippen LogP) is 8.05. The van der Waals surface area contributed by atoms with Crippen LogP contribution in [0.2, 0.25) is 0 Å². The molecule has 236 valence electrons. The Kier molecular flexibility index (Phi) is 11.1. The minimum Gasteiger partial charge on any atom is -0.344 e. The summed E-state index contributed by atoms with van der Waals surface area (Å²) in [6, 6.07) is 18.5. The summed E-state index contributed by atoms with van der Waals surface area (Å²) in [6.45, 7) is 18.6. The van der Waals surface area contributed by atoms with Crippen LogP contribution in [0.1, 0.15) is 90.2 Å². The van der Waals surface area contributed by atoms with Gasteiger partial charge in [0, 0.05) is 62.1 Å². The second kappa shape index (κ2) is 14.6. The number of benzene rings is 2. The van der Waals surface area contributed by atoms with Crippen molar-refractivity contribution in [1.29, 1.82) is 0 Å². The Labute approximate surface area is 282 Å². The summed E-state index contributed by atoms with van der Waals surface area (Å²) in [6.07, 6.45) is 17.5. The molecule has 0 amide bonds. The number of unbranched alkanes of at least 4 members (excludes halogenated alkanes) is 2. The SMILES string of the molecule is CCCCN1CCC2(CC1)C(=CC=CC1=[N+](CC)c3ccccc3C13CCN(CCCC)CC3)N(CC)c1ccccc12.[W]. The summed E-state index contributed by atoms with van der Waals surface area (Å²) in [5.74, 6) is 0. The Balaban J connectivity index is 0.00000384. The number of fused-ring (bicyclic) bond motifs is 4. The van der Waals surface area contributed by atoms with E-state index in [-0.39, 0.29) is 31.9 Å². The Morgan fingerprint density at radius 2 is 1.30 bits per heavy atom. The summed E-state index contributed by atoms with van der Waals surface area (Å²) in [5.41, 5.74) is 9.25. The maximum Gasteiger partial charge on any atom is 0.209 e. The van der Waals surface area contributed by atoms with E-state index in [4.69, 9.17) is 0 Å². The summed E-state index contributed by atoms with van der Waals surface area (Å²) >= 11 is 0. The molecular formula is C39H55N4W+. The first kappa shape index (κ1) is 33.4. The monoisotopic (exact) mass is 763 g/mol. The van der Waals surface area contributed by atoms with Crippen molar-refractivity contribution in [2.45, 2.75) is 89.9 Å². The number of likely N-dealkylation sites (N-methyl/N-ethyl adjacent to an activating group) is 1. The minimum atomic E-state index is 0. The number of rotatable bonds is 10. The average molecular weight is 764 g/mol. The number of anilines is 1. The van der Waals surface area contributed by atoms with E-state index in [9.17, 15) is 0 Å². The first-order valence-corrected chi connectivity index (χ1v) is 17.6. The quantitative estimate of drug-likeness (QED) is 0.228. The van der Waals surface area contributed by atoms with Gasteiger partial charge < -0.3 is 14.7 Å². The fourth-order valence-corrected chi connectivity index (χ4v) is 8.82. The standard InChI is InChI=1S/C39H55N4.W/c1-5-9-26-40-28-22-38(23-29-40)32-16-11-13-18-34(32)42(7-3)36(38)20-15-21-37-39(24-30-41(31-25-39)27-10-6-2)33-17-12-14-19-35(33)43(37)8-4;/h11-21H,5-10,22-31H2,1-4H3;/q+1;. The Bertz CT molecular complexity index is 1360. The van der Waals surface area contributed by atoms with E-state index in [0.29, 0.717) is 0 Å². The van der Waals surface area contributed by atoms with Crippen LogP contribution >= 0.6 is 0 Å². The van der Waals surface area contributed by atoms with Gasteiger partial charge in [-0.25, -0.2) is 0 Å². The zero-order valence-electron chi connectivity index (χ0n) is 27.9. The van der Waals surface area contributed by atoms with E-state index < -0.39 is 0 Å². The summed E-state index contributed by atoms with van der Waals surface area (Å²) in [7, 11) is 0. The van der Waals surface area contributed by atoms with Gasteiger partial charge in [0.2, 0.25) is 5.69 Å². The van der Waals surface area contributed by atoms with E-state index >= 15 is 0 Å². The molecule has 4 aliphatic heterocycles. The van der Waals surface area contributed by atoms with Gasteiger partial charge in [-0.2, -0.15) is 4.58 Å². The van der Waals surface area contributed by atoms with Crippen molar-refractivity contribution >= 4 is 17.1 Å². The maximum atomic E-state index is 2.71. The number of para-hydroxylation sites is 2. The molecule has 5 heteroatoms. The molecule has 0 radical (unpaired) electrons. The minimum absolute atomic E-state index is 0. The van der Waals surface area contributed by atoms with Crippen molar-refractivity contribution in [3.05, 3.63) is 83.6 Å². The fourth-order valence-electron chi connectivity index (χ4n) is 8.82. The van der Waals surface area contributed by atoms with Gasteiger partial charge in [-0.05, 0) is 109 Å². The largest absolute Gasteiger partial charge is 0.344 e. The second-order valence-electron chi connectivity index (χ2n) is 13.4. The van der Waals surface area contributed by atoms with E-state index in [0.717, 1.165) is 13.1 Å². The molecule has 2 aromatic rings. The maximum absolute atomic E-state index is 2.71. The van der Waals surface area contributed by atoms with Gasteiger partial charge in [0.25, 0.3) is 0 Å². The molecule has 2 spiro atoms. The summed E-state index contributed by atoms with van der Waals surface area (Å²) in [4.78, 5) is 8.04. The third-order valence-corrected chi connectivity index (χ3v) is 11.2. The van der Waals surface area contributed by atoms with Gasteiger partial charge in [0.15, 0.2) is 5.71 Å². The molecule has 4 nitrogen and oxygen atoms in total. The van der Waals surface area contributed by atoms with Crippen molar-refractivity contribution in [2.24, 2.45) is 0 Å². The van der Waals surface area contributed by atoms with Gasteiger partial charge >= 0.3 is 0 Å². The van der Waals surface area contributed by atoms with Crippen LogP contribution in [0.5, 0.6) is 0 Å². The molecule has 2 saturated heterocycles. The number of likely N-dealkylation sites (tertiary alicyclic amines) is 2. The van der Waals surface area contributed by atoms with Crippen molar-refractivity contribution in [1.82, 2.24) is 9.80 Å². The molecule has 0 unspecified atom stereocenters. The normalized spacial score (nSPS) is 21.9. The topological polar surface area (TPSA) is 12.7 Å². The van der Waals surface area contributed by atoms with Crippen molar-refractivity contribution < 1.29 is 25.6 Å². The summed E-state index contributed by atoms with van der Waals surface area (Å²) in [5, 5.41) is 0. The Morgan fingerprint density at radius 3 is 1.89 bits per heavy atom. The Morgan fingerprint density at radius 1 is 0.727 bits per heavy atom. The van der Waals surface area contributed by atoms with Crippen LogP contribution in [-0.2, 0) is 31.9 Å². The number of hydrogen-bond donors (Lipinski definition) is 0. The van der Waals surface area contributed by atoms with E-state index in [2.05, 4.69) is 114 Å². The van der Waals surface area contributed by atoms with Gasteiger partial charge in [0.1, 0.15) is 6.54 Å². The number of hydrogen-bond acceptors (Lipinski definition) is 3. The van der Waals surface area contributed by atoms with E-state index in [1.807, 2.05) is 0 Å². The van der Waals surface area contributed by atoms with E-state index in [1.165, 1.54) is 113 Å². The molecule has 4 heterocycles. The molecule has 0 aromatic heterocycles. The predicted molar refractivity (Wildman–Crippen MR) is 183 cm³/mol. The van der Waals surface area contributed by atoms with Crippen molar-refractivity contribution in [3.8, 4) is 0 Å². The zero-order chi connectivity index (χ0) is 29.9. The molecule has 2 aromatic carbocycles. The molecule has 0 saturated carbocycles. The molecular weight excluding hydrogens is 708 g/mol. The van der Waals surface area contributed by atoms with Gasteiger partial charge in [0.05, 0.1) is 5.41 Å². The van der Waals surface area contributed by atoms with Gasteiger partial charge in [-0.3, -0.25) is 0 Å². The van der Waals surface area contributed by atoms with Crippen LogP contribution < -0.4 is 4.90 Å². The fraction of sp³-hybridized carbons (Fsp3) is 0.564. The van der Waals surface area contributed by atoms with Crippen molar-refractivity contribution in [3.63, 3.8) is 0 Å². The number of allylic oxidation sites excluding steroid dienone is 4. The van der Waals surface area contributed by atoms with E-state index in [1.54, 1.807) is 11.1 Å². The molecule has 0 atom stereocenters. The molecule has 44 heavy (non-hydrogen) atoms.